The van der Waals surface area contributed by atoms with Crippen LogP contribution in [0.25, 0.3) is 0 Å². The molecule has 0 aliphatic carbocycles. The van der Waals surface area contributed by atoms with Gasteiger partial charge < -0.3 is 9.84 Å². The van der Waals surface area contributed by atoms with E-state index in [1.807, 2.05) is 0 Å². The number of ether oxygens (including phenoxy) is 1. The second kappa shape index (κ2) is 5.37. The van der Waals surface area contributed by atoms with Crippen molar-refractivity contribution in [3.8, 4) is 23.3 Å². The summed E-state index contributed by atoms with van der Waals surface area (Å²) in [7, 11) is 0. The first-order valence-electron chi connectivity index (χ1n) is 5.89. The first kappa shape index (κ1) is 14.7. The molecule has 2 aromatic carbocycles. The van der Waals surface area contributed by atoms with E-state index >= 15 is 0 Å². The monoisotopic (exact) mass is 293 g/mol. The molecule has 0 unspecified atom stereocenters. The summed E-state index contributed by atoms with van der Waals surface area (Å²) in [4.78, 5) is 0. The highest BCUT2D eigenvalue weighted by Crippen LogP contribution is 2.34. The fourth-order valence-corrected chi connectivity index (χ4v) is 1.80. The number of rotatable bonds is 2. The van der Waals surface area contributed by atoms with Crippen LogP contribution in [0.4, 0.5) is 13.2 Å². The van der Waals surface area contributed by atoms with Gasteiger partial charge in [0.2, 0.25) is 0 Å². The van der Waals surface area contributed by atoms with Gasteiger partial charge in [-0.05, 0) is 42.8 Å². The number of benzene rings is 2. The summed E-state index contributed by atoms with van der Waals surface area (Å²) in [6.45, 7) is 1.73. The largest absolute Gasteiger partial charge is 0.508 e. The molecule has 0 heterocycles. The summed E-state index contributed by atoms with van der Waals surface area (Å²) < 4.78 is 43.1. The van der Waals surface area contributed by atoms with E-state index in [0.717, 1.165) is 23.8 Å². The molecular formula is C15H10F3NO2. The third kappa shape index (κ3) is 3.45. The molecule has 0 fully saturated rings. The summed E-state index contributed by atoms with van der Waals surface area (Å²) >= 11 is 0. The van der Waals surface area contributed by atoms with Gasteiger partial charge in [-0.25, -0.2) is 0 Å². The second-order valence-corrected chi connectivity index (χ2v) is 4.43. The van der Waals surface area contributed by atoms with Crippen LogP contribution in [0.5, 0.6) is 17.2 Å². The van der Waals surface area contributed by atoms with Crippen LogP contribution in [0, 0.1) is 18.3 Å². The number of hydrogen-bond acceptors (Lipinski definition) is 3. The maximum absolute atomic E-state index is 12.6. The van der Waals surface area contributed by atoms with E-state index in [2.05, 4.69) is 0 Å². The van der Waals surface area contributed by atoms with E-state index in [0.29, 0.717) is 0 Å². The lowest BCUT2D eigenvalue weighted by Crippen LogP contribution is -2.05. The zero-order valence-corrected chi connectivity index (χ0v) is 10.9. The van der Waals surface area contributed by atoms with Gasteiger partial charge in [0, 0.05) is 6.07 Å². The SMILES string of the molecule is Cc1cc(O)cc(Oc2ccc(C(F)(F)F)cc2C#N)c1. The molecule has 0 saturated heterocycles. The Hall–Kier alpha value is -2.68. The van der Waals surface area contributed by atoms with Crippen LogP contribution < -0.4 is 4.74 Å². The molecule has 3 nitrogen and oxygen atoms in total. The fraction of sp³-hybridized carbons (Fsp3) is 0.133. The van der Waals surface area contributed by atoms with Crippen molar-refractivity contribution in [1.29, 1.82) is 5.26 Å². The predicted molar refractivity (Wildman–Crippen MR) is 69.1 cm³/mol. The van der Waals surface area contributed by atoms with Crippen LogP contribution in [-0.2, 0) is 6.18 Å². The van der Waals surface area contributed by atoms with Gasteiger partial charge in [0.05, 0.1) is 11.1 Å². The quantitative estimate of drug-likeness (QED) is 0.893. The molecule has 0 atom stereocenters. The fourth-order valence-electron chi connectivity index (χ4n) is 1.80. The zero-order valence-electron chi connectivity index (χ0n) is 10.9. The Morgan fingerprint density at radius 2 is 1.86 bits per heavy atom. The molecule has 0 aliphatic rings. The second-order valence-electron chi connectivity index (χ2n) is 4.43. The molecule has 0 radical (unpaired) electrons. The third-order valence-corrected chi connectivity index (χ3v) is 2.69. The Morgan fingerprint density at radius 3 is 2.43 bits per heavy atom. The van der Waals surface area contributed by atoms with Gasteiger partial charge in [0.15, 0.2) is 0 Å². The van der Waals surface area contributed by atoms with Gasteiger partial charge in [-0.2, -0.15) is 18.4 Å². The number of nitrogens with zero attached hydrogens (tertiary/aromatic N) is 1. The molecule has 0 aliphatic heterocycles. The number of halogens is 3. The molecule has 108 valence electrons. The molecule has 0 aromatic heterocycles. The Kier molecular flexibility index (Phi) is 3.76. The van der Waals surface area contributed by atoms with Crippen LogP contribution in [0.1, 0.15) is 16.7 Å². The summed E-state index contributed by atoms with van der Waals surface area (Å²) in [6.07, 6.45) is -4.52. The standard InChI is InChI=1S/C15H10F3NO2/c1-9-4-12(20)7-13(5-9)21-14-3-2-11(15(16,17)18)6-10(14)8-19/h2-7,20H,1H3. The zero-order chi connectivity index (χ0) is 15.6. The molecule has 2 aromatic rings. The van der Waals surface area contributed by atoms with Crippen molar-refractivity contribution < 1.29 is 23.0 Å². The van der Waals surface area contributed by atoms with Gasteiger partial charge in [-0.15, -0.1) is 0 Å². The minimum atomic E-state index is -4.52. The number of aromatic hydroxyl groups is 1. The molecule has 0 amide bonds. The number of nitriles is 1. The Morgan fingerprint density at radius 1 is 1.14 bits per heavy atom. The number of phenolic OH excluding ortho intramolecular Hbond substituents is 1. The van der Waals surface area contributed by atoms with Crippen molar-refractivity contribution in [3.63, 3.8) is 0 Å². The highest BCUT2D eigenvalue weighted by Gasteiger charge is 2.31. The molecule has 6 heteroatoms. The van der Waals surface area contributed by atoms with Crippen molar-refractivity contribution in [2.45, 2.75) is 13.1 Å². The van der Waals surface area contributed by atoms with Crippen LogP contribution in [0.3, 0.4) is 0 Å². The van der Waals surface area contributed by atoms with Crippen molar-refractivity contribution in [3.05, 3.63) is 53.1 Å². The predicted octanol–water partition coefficient (Wildman–Crippen LogP) is 4.38. The lowest BCUT2D eigenvalue weighted by Gasteiger charge is -2.11. The van der Waals surface area contributed by atoms with Crippen LogP contribution in [-0.4, -0.2) is 5.11 Å². The highest BCUT2D eigenvalue weighted by molar-refractivity contribution is 5.49. The van der Waals surface area contributed by atoms with Crippen LogP contribution in [0.2, 0.25) is 0 Å². The van der Waals surface area contributed by atoms with Crippen LogP contribution >= 0.6 is 0 Å². The third-order valence-electron chi connectivity index (χ3n) is 2.69. The Labute approximate surface area is 118 Å². The minimum Gasteiger partial charge on any atom is -0.508 e. The number of alkyl halides is 3. The van der Waals surface area contributed by atoms with Crippen molar-refractivity contribution in [1.82, 2.24) is 0 Å². The van der Waals surface area contributed by atoms with Crippen molar-refractivity contribution in [2.24, 2.45) is 0 Å². The molecule has 21 heavy (non-hydrogen) atoms. The summed E-state index contributed by atoms with van der Waals surface area (Å²) in [5.41, 5.74) is -0.431. The first-order chi connectivity index (χ1) is 9.79. The van der Waals surface area contributed by atoms with E-state index in [1.165, 1.54) is 12.1 Å². The van der Waals surface area contributed by atoms with Crippen LogP contribution in [0.15, 0.2) is 36.4 Å². The molecule has 0 saturated carbocycles. The number of hydrogen-bond donors (Lipinski definition) is 1. The van der Waals surface area contributed by atoms with Gasteiger partial charge >= 0.3 is 6.18 Å². The van der Waals surface area contributed by atoms with Gasteiger partial charge in [-0.3, -0.25) is 0 Å². The average molecular weight is 293 g/mol. The Balaban J connectivity index is 2.39. The smallest absolute Gasteiger partial charge is 0.416 e. The van der Waals surface area contributed by atoms with E-state index in [1.54, 1.807) is 19.1 Å². The first-order valence-corrected chi connectivity index (χ1v) is 5.89. The summed E-state index contributed by atoms with van der Waals surface area (Å²) in [6, 6.07) is 8.73. The van der Waals surface area contributed by atoms with Gasteiger partial charge in [0.1, 0.15) is 23.3 Å². The van der Waals surface area contributed by atoms with Gasteiger partial charge in [-0.1, -0.05) is 0 Å². The summed E-state index contributed by atoms with van der Waals surface area (Å²) in [5, 5.41) is 18.4. The molecule has 2 rings (SSSR count). The average Bonchev–Trinajstić information content (AvgIpc) is 2.36. The van der Waals surface area contributed by atoms with Crippen molar-refractivity contribution in [2.75, 3.05) is 0 Å². The van der Waals surface area contributed by atoms with E-state index < -0.39 is 11.7 Å². The van der Waals surface area contributed by atoms with E-state index in [-0.39, 0.29) is 22.8 Å². The normalized spacial score (nSPS) is 11.0. The number of aryl methyl sites for hydroxylation is 1. The van der Waals surface area contributed by atoms with E-state index in [4.69, 9.17) is 10.00 Å². The number of phenols is 1. The Bertz CT molecular complexity index is 698. The maximum Gasteiger partial charge on any atom is 0.416 e. The molecule has 0 bridgehead atoms. The molecule has 0 spiro atoms. The maximum atomic E-state index is 12.6. The lowest BCUT2D eigenvalue weighted by atomic mass is 10.1. The molecular weight excluding hydrogens is 283 g/mol. The topological polar surface area (TPSA) is 53.2 Å². The summed E-state index contributed by atoms with van der Waals surface area (Å²) in [5.74, 6) is 0.203. The van der Waals surface area contributed by atoms with Crippen molar-refractivity contribution >= 4 is 0 Å². The lowest BCUT2D eigenvalue weighted by molar-refractivity contribution is -0.137. The minimum absolute atomic E-state index is 0.00417. The highest BCUT2D eigenvalue weighted by atomic mass is 19.4. The van der Waals surface area contributed by atoms with E-state index in [9.17, 15) is 18.3 Å². The van der Waals surface area contributed by atoms with Gasteiger partial charge in [0.25, 0.3) is 0 Å². The molecule has 1 N–H and O–H groups in total.